The zero-order chi connectivity index (χ0) is 22.2. The van der Waals surface area contributed by atoms with Crippen LogP contribution in [-0.4, -0.2) is 31.1 Å². The second kappa shape index (κ2) is 9.93. The smallest absolute Gasteiger partial charge is 0.337 e. The van der Waals surface area contributed by atoms with Gasteiger partial charge < -0.3 is 10.1 Å². The molecular formula is C23H18FN3O4. The lowest BCUT2D eigenvalue weighted by atomic mass is 10.1. The number of rotatable bonds is 6. The number of hydrogen-bond acceptors (Lipinski definition) is 5. The van der Waals surface area contributed by atoms with Crippen LogP contribution in [0.25, 0.3) is 0 Å². The van der Waals surface area contributed by atoms with E-state index in [1.807, 2.05) is 0 Å². The summed E-state index contributed by atoms with van der Waals surface area (Å²) in [5.41, 5.74) is 4.19. The van der Waals surface area contributed by atoms with Crippen LogP contribution in [0, 0.1) is 5.82 Å². The molecule has 0 aliphatic rings. The van der Waals surface area contributed by atoms with Gasteiger partial charge in [0.05, 0.1) is 30.1 Å². The number of nitrogens with one attached hydrogen (secondary N) is 2. The first-order chi connectivity index (χ1) is 15.0. The molecule has 0 aliphatic carbocycles. The minimum absolute atomic E-state index is 0.205. The first kappa shape index (κ1) is 21.4. The zero-order valence-electron chi connectivity index (χ0n) is 16.5. The van der Waals surface area contributed by atoms with Crippen molar-refractivity contribution in [1.29, 1.82) is 0 Å². The standard InChI is InChI=1S/C23H18FN3O4/c1-31-23(30)17-8-6-15(7-9-17)14-25-27-22(29)19-4-2-3-5-20(19)26-21(28)16-10-12-18(24)13-11-16/h2-14H,1H3,(H,26,28)(H,27,29)/b25-14+. The van der Waals surface area contributed by atoms with Gasteiger partial charge in [0, 0.05) is 5.56 Å². The van der Waals surface area contributed by atoms with E-state index in [4.69, 9.17) is 0 Å². The summed E-state index contributed by atoms with van der Waals surface area (Å²) in [6.45, 7) is 0. The fourth-order valence-corrected chi connectivity index (χ4v) is 2.63. The number of carbonyl (C=O) groups is 3. The second-order valence-corrected chi connectivity index (χ2v) is 6.32. The molecule has 0 unspecified atom stereocenters. The maximum Gasteiger partial charge on any atom is 0.337 e. The van der Waals surface area contributed by atoms with E-state index in [0.717, 1.165) is 0 Å². The van der Waals surface area contributed by atoms with E-state index in [1.54, 1.807) is 42.5 Å². The molecule has 2 N–H and O–H groups in total. The van der Waals surface area contributed by atoms with E-state index < -0.39 is 23.6 Å². The van der Waals surface area contributed by atoms with E-state index >= 15 is 0 Å². The largest absolute Gasteiger partial charge is 0.465 e. The van der Waals surface area contributed by atoms with Gasteiger partial charge >= 0.3 is 5.97 Å². The lowest BCUT2D eigenvalue weighted by Crippen LogP contribution is -2.21. The number of para-hydroxylation sites is 1. The zero-order valence-corrected chi connectivity index (χ0v) is 16.5. The van der Waals surface area contributed by atoms with E-state index in [0.29, 0.717) is 11.1 Å². The number of ether oxygens (including phenoxy) is 1. The molecule has 156 valence electrons. The molecule has 3 rings (SSSR count). The lowest BCUT2D eigenvalue weighted by Gasteiger charge is -2.10. The van der Waals surface area contributed by atoms with Crippen LogP contribution in [0.4, 0.5) is 10.1 Å². The third-order valence-electron chi connectivity index (χ3n) is 4.24. The summed E-state index contributed by atoms with van der Waals surface area (Å²) in [5.74, 6) is -1.91. The van der Waals surface area contributed by atoms with Crippen molar-refractivity contribution in [2.45, 2.75) is 0 Å². The molecule has 0 saturated carbocycles. The van der Waals surface area contributed by atoms with E-state index in [2.05, 4.69) is 20.6 Å². The maximum absolute atomic E-state index is 13.0. The summed E-state index contributed by atoms with van der Waals surface area (Å²) < 4.78 is 17.7. The first-order valence-corrected chi connectivity index (χ1v) is 9.15. The molecule has 0 heterocycles. The number of amides is 2. The van der Waals surface area contributed by atoms with E-state index in [1.165, 1.54) is 43.7 Å². The van der Waals surface area contributed by atoms with Gasteiger partial charge in [-0.2, -0.15) is 5.10 Å². The van der Waals surface area contributed by atoms with Gasteiger partial charge in [-0.3, -0.25) is 9.59 Å². The topological polar surface area (TPSA) is 96.9 Å². The Balaban J connectivity index is 1.67. The van der Waals surface area contributed by atoms with Gasteiger partial charge in [0.25, 0.3) is 11.8 Å². The number of methoxy groups -OCH3 is 1. The Morgan fingerprint density at radius 3 is 2.19 bits per heavy atom. The molecule has 7 nitrogen and oxygen atoms in total. The Kier molecular flexibility index (Phi) is 6.85. The van der Waals surface area contributed by atoms with Crippen LogP contribution in [0.1, 0.15) is 36.6 Å². The maximum atomic E-state index is 13.0. The summed E-state index contributed by atoms with van der Waals surface area (Å²) in [7, 11) is 1.30. The van der Waals surface area contributed by atoms with Crippen molar-refractivity contribution < 1.29 is 23.5 Å². The quantitative estimate of drug-likeness (QED) is 0.362. The molecule has 0 bridgehead atoms. The summed E-state index contributed by atoms with van der Waals surface area (Å²) in [6, 6.07) is 18.0. The third kappa shape index (κ3) is 5.60. The van der Waals surface area contributed by atoms with Crippen molar-refractivity contribution in [2.24, 2.45) is 5.10 Å². The normalized spacial score (nSPS) is 10.5. The van der Waals surface area contributed by atoms with Crippen LogP contribution in [0.5, 0.6) is 0 Å². The molecule has 0 radical (unpaired) electrons. The van der Waals surface area contributed by atoms with E-state index in [-0.39, 0.29) is 16.8 Å². The Morgan fingerprint density at radius 2 is 1.52 bits per heavy atom. The first-order valence-electron chi connectivity index (χ1n) is 9.15. The summed E-state index contributed by atoms with van der Waals surface area (Å²) >= 11 is 0. The Bertz CT molecular complexity index is 1130. The van der Waals surface area contributed by atoms with Crippen molar-refractivity contribution in [3.05, 3.63) is 101 Å². The van der Waals surface area contributed by atoms with Gasteiger partial charge in [-0.25, -0.2) is 14.6 Å². The van der Waals surface area contributed by atoms with Crippen LogP contribution in [0.2, 0.25) is 0 Å². The molecule has 0 atom stereocenters. The number of esters is 1. The molecule has 0 aliphatic heterocycles. The third-order valence-corrected chi connectivity index (χ3v) is 4.24. The number of hydrogen-bond donors (Lipinski definition) is 2. The highest BCUT2D eigenvalue weighted by molar-refractivity contribution is 6.09. The van der Waals surface area contributed by atoms with Gasteiger partial charge in [-0.15, -0.1) is 0 Å². The highest BCUT2D eigenvalue weighted by Crippen LogP contribution is 2.16. The van der Waals surface area contributed by atoms with Crippen LogP contribution < -0.4 is 10.7 Å². The fourth-order valence-electron chi connectivity index (χ4n) is 2.63. The average Bonchev–Trinajstić information content (AvgIpc) is 2.79. The average molecular weight is 419 g/mol. The molecule has 2 amide bonds. The van der Waals surface area contributed by atoms with Crippen LogP contribution in [0.15, 0.2) is 77.9 Å². The predicted octanol–water partition coefficient (Wildman–Crippen LogP) is 3.63. The van der Waals surface area contributed by atoms with Crippen molar-refractivity contribution >= 4 is 29.7 Å². The number of anilines is 1. The molecule has 31 heavy (non-hydrogen) atoms. The monoisotopic (exact) mass is 419 g/mol. The van der Waals surface area contributed by atoms with Crippen molar-refractivity contribution in [3.63, 3.8) is 0 Å². The molecule has 0 fully saturated rings. The minimum Gasteiger partial charge on any atom is -0.465 e. The Hall–Kier alpha value is -4.33. The highest BCUT2D eigenvalue weighted by Gasteiger charge is 2.14. The molecule has 3 aromatic carbocycles. The van der Waals surface area contributed by atoms with Gasteiger partial charge in [0.15, 0.2) is 0 Å². The van der Waals surface area contributed by atoms with Crippen LogP contribution in [-0.2, 0) is 4.74 Å². The SMILES string of the molecule is COC(=O)c1ccc(/C=N/NC(=O)c2ccccc2NC(=O)c2ccc(F)cc2)cc1. The van der Waals surface area contributed by atoms with E-state index in [9.17, 15) is 18.8 Å². The van der Waals surface area contributed by atoms with Crippen LogP contribution in [0.3, 0.4) is 0 Å². The number of nitrogens with zero attached hydrogens (tertiary/aromatic N) is 1. The minimum atomic E-state index is -0.530. The van der Waals surface area contributed by atoms with Gasteiger partial charge in [0.2, 0.25) is 0 Å². The molecule has 0 spiro atoms. The molecule has 8 heteroatoms. The van der Waals surface area contributed by atoms with Crippen LogP contribution >= 0.6 is 0 Å². The van der Waals surface area contributed by atoms with Gasteiger partial charge in [-0.05, 0) is 54.1 Å². The fraction of sp³-hybridized carbons (Fsp3) is 0.0435. The van der Waals surface area contributed by atoms with Crippen molar-refractivity contribution in [3.8, 4) is 0 Å². The van der Waals surface area contributed by atoms with Crippen molar-refractivity contribution in [2.75, 3.05) is 12.4 Å². The highest BCUT2D eigenvalue weighted by atomic mass is 19.1. The van der Waals surface area contributed by atoms with Crippen molar-refractivity contribution in [1.82, 2.24) is 5.43 Å². The molecule has 3 aromatic rings. The number of carbonyl (C=O) groups excluding carboxylic acids is 3. The molecule has 0 saturated heterocycles. The summed E-state index contributed by atoms with van der Waals surface area (Å²) in [5, 5.41) is 6.55. The predicted molar refractivity (Wildman–Crippen MR) is 114 cm³/mol. The summed E-state index contributed by atoms with van der Waals surface area (Å²) in [4.78, 5) is 36.3. The van der Waals surface area contributed by atoms with Gasteiger partial charge in [-0.1, -0.05) is 24.3 Å². The number of hydrazone groups is 1. The second-order valence-electron chi connectivity index (χ2n) is 6.32. The molecule has 0 aromatic heterocycles. The number of benzene rings is 3. The Labute approximate surface area is 177 Å². The Morgan fingerprint density at radius 1 is 0.871 bits per heavy atom. The summed E-state index contributed by atoms with van der Waals surface area (Å²) in [6.07, 6.45) is 1.42. The lowest BCUT2D eigenvalue weighted by molar-refractivity contribution is 0.0600. The van der Waals surface area contributed by atoms with Gasteiger partial charge in [0.1, 0.15) is 5.82 Å². The molecular weight excluding hydrogens is 401 g/mol. The number of halogens is 1.